The van der Waals surface area contributed by atoms with Gasteiger partial charge in [0, 0.05) is 55.6 Å². The molecule has 0 unspecified atom stereocenters. The summed E-state index contributed by atoms with van der Waals surface area (Å²) in [6.45, 7) is 7.68. The van der Waals surface area contributed by atoms with E-state index in [0.29, 0.717) is 25.6 Å². The molecule has 1 aliphatic heterocycles. The summed E-state index contributed by atoms with van der Waals surface area (Å²) in [4.78, 5) is 19.2. The minimum absolute atomic E-state index is 0.0647. The summed E-state index contributed by atoms with van der Waals surface area (Å²) >= 11 is 0. The van der Waals surface area contributed by atoms with Gasteiger partial charge in [-0.25, -0.2) is 4.98 Å². The Morgan fingerprint density at radius 3 is 2.72 bits per heavy atom. The Morgan fingerprint density at radius 2 is 1.97 bits per heavy atom. The Kier molecular flexibility index (Phi) is 5.09. The van der Waals surface area contributed by atoms with Gasteiger partial charge in [-0.05, 0) is 55.7 Å². The summed E-state index contributed by atoms with van der Waals surface area (Å²) in [5, 5.41) is 4.65. The summed E-state index contributed by atoms with van der Waals surface area (Å²) < 4.78 is 7.78. The number of ether oxygens (including phenoxy) is 1. The average molecular weight is 390 g/mol. The molecule has 0 N–H and O–H groups in total. The number of amides is 1. The van der Waals surface area contributed by atoms with Crippen LogP contribution in [-0.4, -0.2) is 32.1 Å². The van der Waals surface area contributed by atoms with Crippen molar-refractivity contribution in [2.24, 2.45) is 7.05 Å². The van der Waals surface area contributed by atoms with Crippen LogP contribution in [0.3, 0.4) is 0 Å². The van der Waals surface area contributed by atoms with E-state index >= 15 is 0 Å². The molecule has 2 aromatic heterocycles. The molecule has 1 aliphatic rings. The SMILES string of the molecule is Cc1ccnc(OCc2nn(C)c3c2CN(C(=O)c2ccc(C)c(C)c2)CC3)c1. The lowest BCUT2D eigenvalue weighted by atomic mass is 10.0. The van der Waals surface area contributed by atoms with E-state index < -0.39 is 0 Å². The Labute approximate surface area is 171 Å². The minimum Gasteiger partial charge on any atom is -0.471 e. The largest absolute Gasteiger partial charge is 0.471 e. The van der Waals surface area contributed by atoms with Crippen molar-refractivity contribution in [3.05, 3.63) is 75.7 Å². The van der Waals surface area contributed by atoms with Gasteiger partial charge in [0.1, 0.15) is 12.3 Å². The highest BCUT2D eigenvalue weighted by Gasteiger charge is 2.27. The lowest BCUT2D eigenvalue weighted by molar-refractivity contribution is 0.0732. The normalized spacial score (nSPS) is 13.3. The van der Waals surface area contributed by atoms with Crippen LogP contribution in [0.2, 0.25) is 0 Å². The van der Waals surface area contributed by atoms with Crippen molar-refractivity contribution in [1.29, 1.82) is 0 Å². The van der Waals surface area contributed by atoms with Gasteiger partial charge < -0.3 is 9.64 Å². The van der Waals surface area contributed by atoms with Crippen molar-refractivity contribution in [3.63, 3.8) is 0 Å². The molecule has 0 saturated heterocycles. The van der Waals surface area contributed by atoms with E-state index in [4.69, 9.17) is 4.74 Å². The molecule has 0 radical (unpaired) electrons. The molecule has 29 heavy (non-hydrogen) atoms. The molecule has 3 aromatic rings. The van der Waals surface area contributed by atoms with Crippen molar-refractivity contribution in [3.8, 4) is 5.88 Å². The van der Waals surface area contributed by atoms with Gasteiger partial charge in [-0.15, -0.1) is 0 Å². The van der Waals surface area contributed by atoms with Crippen molar-refractivity contribution in [1.82, 2.24) is 19.7 Å². The van der Waals surface area contributed by atoms with Gasteiger partial charge in [0.05, 0.1) is 0 Å². The molecule has 1 aromatic carbocycles. The molecule has 0 fully saturated rings. The second kappa shape index (κ2) is 7.70. The smallest absolute Gasteiger partial charge is 0.254 e. The number of aryl methyl sites for hydroxylation is 4. The van der Waals surface area contributed by atoms with E-state index in [1.165, 1.54) is 11.3 Å². The Morgan fingerprint density at radius 1 is 1.14 bits per heavy atom. The second-order valence-electron chi connectivity index (χ2n) is 7.73. The summed E-state index contributed by atoms with van der Waals surface area (Å²) in [5.74, 6) is 0.651. The number of hydrogen-bond donors (Lipinski definition) is 0. The molecule has 0 bridgehead atoms. The van der Waals surface area contributed by atoms with Crippen molar-refractivity contribution in [2.45, 2.75) is 40.3 Å². The lowest BCUT2D eigenvalue weighted by Gasteiger charge is -2.28. The highest BCUT2D eigenvalue weighted by molar-refractivity contribution is 5.94. The summed E-state index contributed by atoms with van der Waals surface area (Å²) in [6.07, 6.45) is 2.53. The fourth-order valence-corrected chi connectivity index (χ4v) is 3.75. The van der Waals surface area contributed by atoms with Crippen LogP contribution in [0, 0.1) is 20.8 Å². The third-order valence-electron chi connectivity index (χ3n) is 5.61. The summed E-state index contributed by atoms with van der Waals surface area (Å²) in [7, 11) is 1.95. The van der Waals surface area contributed by atoms with E-state index in [9.17, 15) is 4.79 Å². The molecule has 6 heteroatoms. The average Bonchev–Trinajstić information content (AvgIpc) is 3.03. The Hall–Kier alpha value is -3.15. The number of rotatable bonds is 4. The monoisotopic (exact) mass is 390 g/mol. The Bertz CT molecular complexity index is 1070. The van der Waals surface area contributed by atoms with Gasteiger partial charge in [-0.1, -0.05) is 6.07 Å². The maximum Gasteiger partial charge on any atom is 0.254 e. The highest BCUT2D eigenvalue weighted by Crippen LogP contribution is 2.25. The maximum absolute atomic E-state index is 13.1. The molecular weight excluding hydrogens is 364 g/mol. The molecule has 0 atom stereocenters. The van der Waals surface area contributed by atoms with E-state index in [1.54, 1.807) is 6.20 Å². The van der Waals surface area contributed by atoms with Crippen LogP contribution in [0.15, 0.2) is 36.5 Å². The standard InChI is InChI=1S/C23H26N4O2/c1-15-7-9-24-22(11-15)29-14-20-19-13-27(10-8-21(19)26(4)25-20)23(28)18-6-5-16(2)17(3)12-18/h5-7,9,11-12H,8,10,13-14H2,1-4H3. The fraction of sp³-hybridized carbons (Fsp3) is 0.348. The lowest BCUT2D eigenvalue weighted by Crippen LogP contribution is -2.36. The van der Waals surface area contributed by atoms with Crippen LogP contribution in [0.4, 0.5) is 0 Å². The topological polar surface area (TPSA) is 60.3 Å². The van der Waals surface area contributed by atoms with Crippen LogP contribution >= 0.6 is 0 Å². The molecule has 3 heterocycles. The molecule has 150 valence electrons. The van der Waals surface area contributed by atoms with E-state index in [0.717, 1.165) is 34.4 Å². The van der Waals surface area contributed by atoms with E-state index in [1.807, 2.05) is 60.8 Å². The molecule has 0 aliphatic carbocycles. The zero-order chi connectivity index (χ0) is 20.5. The van der Waals surface area contributed by atoms with Gasteiger partial charge >= 0.3 is 0 Å². The molecule has 1 amide bonds. The number of nitrogens with zero attached hydrogens (tertiary/aromatic N) is 4. The fourth-order valence-electron chi connectivity index (χ4n) is 3.75. The van der Waals surface area contributed by atoms with Gasteiger partial charge in [-0.3, -0.25) is 9.48 Å². The highest BCUT2D eigenvalue weighted by atomic mass is 16.5. The second-order valence-corrected chi connectivity index (χ2v) is 7.73. The molecule has 4 rings (SSSR count). The van der Waals surface area contributed by atoms with Crippen LogP contribution in [-0.2, 0) is 26.6 Å². The first-order chi connectivity index (χ1) is 13.9. The van der Waals surface area contributed by atoms with E-state index in [-0.39, 0.29) is 5.91 Å². The predicted molar refractivity (Wildman–Crippen MR) is 111 cm³/mol. The number of benzene rings is 1. The zero-order valence-electron chi connectivity index (χ0n) is 17.4. The number of hydrogen-bond acceptors (Lipinski definition) is 4. The molecule has 6 nitrogen and oxygen atoms in total. The van der Waals surface area contributed by atoms with Gasteiger partial charge in [0.25, 0.3) is 5.91 Å². The number of fused-ring (bicyclic) bond motifs is 1. The van der Waals surface area contributed by atoms with Crippen molar-refractivity contribution >= 4 is 5.91 Å². The van der Waals surface area contributed by atoms with Crippen LogP contribution in [0.25, 0.3) is 0 Å². The van der Waals surface area contributed by atoms with Crippen molar-refractivity contribution in [2.75, 3.05) is 6.54 Å². The quantitative estimate of drug-likeness (QED) is 0.684. The third-order valence-corrected chi connectivity index (χ3v) is 5.61. The minimum atomic E-state index is 0.0647. The van der Waals surface area contributed by atoms with Crippen LogP contribution in [0.5, 0.6) is 5.88 Å². The third kappa shape index (κ3) is 3.88. The van der Waals surface area contributed by atoms with Crippen LogP contribution in [0.1, 0.15) is 44.0 Å². The maximum atomic E-state index is 13.1. The van der Waals surface area contributed by atoms with E-state index in [2.05, 4.69) is 17.0 Å². The first-order valence-corrected chi connectivity index (χ1v) is 9.88. The summed E-state index contributed by atoms with van der Waals surface area (Å²) in [5.41, 5.74) is 7.29. The molecular formula is C23H26N4O2. The molecule has 0 spiro atoms. The zero-order valence-corrected chi connectivity index (χ0v) is 17.4. The number of aromatic nitrogens is 3. The van der Waals surface area contributed by atoms with Crippen LogP contribution < -0.4 is 4.74 Å². The van der Waals surface area contributed by atoms with Gasteiger partial charge in [0.2, 0.25) is 5.88 Å². The van der Waals surface area contributed by atoms with Gasteiger partial charge in [0.15, 0.2) is 0 Å². The first-order valence-electron chi connectivity index (χ1n) is 9.88. The molecule has 0 saturated carbocycles. The van der Waals surface area contributed by atoms with Crippen molar-refractivity contribution < 1.29 is 9.53 Å². The predicted octanol–water partition coefficient (Wildman–Crippen LogP) is 3.52. The first kappa shape index (κ1) is 19.2. The number of pyridine rings is 1. The Balaban J connectivity index is 1.53. The number of carbonyl (C=O) groups is 1. The summed E-state index contributed by atoms with van der Waals surface area (Å²) in [6, 6.07) is 9.74. The number of carbonyl (C=O) groups excluding carboxylic acids is 1. The van der Waals surface area contributed by atoms with Gasteiger partial charge in [-0.2, -0.15) is 5.10 Å².